The Morgan fingerprint density at radius 2 is 2.10 bits per heavy atom. The lowest BCUT2D eigenvalue weighted by molar-refractivity contribution is 0.0790. The summed E-state index contributed by atoms with van der Waals surface area (Å²) in [7, 11) is 3.18. The number of imidazole rings is 1. The molecule has 0 bridgehead atoms. The quantitative estimate of drug-likeness (QED) is 0.598. The lowest BCUT2D eigenvalue weighted by atomic mass is 10.1. The number of halogens is 1. The first kappa shape index (κ1) is 20.1. The van der Waals surface area contributed by atoms with Gasteiger partial charge in [0.2, 0.25) is 5.65 Å². The van der Waals surface area contributed by atoms with Gasteiger partial charge in [-0.25, -0.2) is 9.37 Å². The average Bonchev–Trinajstić information content (AvgIpc) is 3.45. The molecule has 2 heterocycles. The van der Waals surface area contributed by atoms with E-state index in [0.29, 0.717) is 36.0 Å². The molecule has 0 N–H and O–H groups in total. The minimum Gasteiger partial charge on any atom is -0.497 e. The molecule has 158 valence electrons. The van der Waals surface area contributed by atoms with Crippen LogP contribution in [0.3, 0.4) is 0 Å². The van der Waals surface area contributed by atoms with E-state index in [1.807, 2.05) is 6.92 Å². The Morgan fingerprint density at radius 1 is 1.33 bits per heavy atom. The number of nitrogens with zero attached hydrogens (tertiary/aromatic N) is 4. The van der Waals surface area contributed by atoms with Crippen molar-refractivity contribution in [2.24, 2.45) is 5.92 Å². The van der Waals surface area contributed by atoms with E-state index in [1.54, 1.807) is 34.8 Å². The summed E-state index contributed by atoms with van der Waals surface area (Å²) in [5.74, 6) is 0.0856. The molecule has 1 aliphatic rings. The van der Waals surface area contributed by atoms with Gasteiger partial charge in [-0.05, 0) is 37.3 Å². The number of hydrogen-bond acceptors (Lipinski definition) is 4. The number of carbonyl (C=O) groups excluding carboxylic acids is 1. The number of fused-ring (bicyclic) bond motifs is 1. The molecule has 1 aliphatic carbocycles. The molecule has 3 aromatic rings. The highest BCUT2D eigenvalue weighted by atomic mass is 19.1. The molecule has 0 aliphatic heterocycles. The number of hydrogen-bond donors (Lipinski definition) is 0. The van der Waals surface area contributed by atoms with Gasteiger partial charge >= 0.3 is 0 Å². The zero-order valence-electron chi connectivity index (χ0n) is 17.4. The van der Waals surface area contributed by atoms with Crippen LogP contribution in [0, 0.1) is 11.7 Å². The Bertz CT molecular complexity index is 1160. The van der Waals surface area contributed by atoms with E-state index >= 15 is 0 Å². The molecule has 7 nitrogen and oxygen atoms in total. The van der Waals surface area contributed by atoms with Crippen molar-refractivity contribution in [3.8, 4) is 17.0 Å². The van der Waals surface area contributed by atoms with Crippen LogP contribution in [0.5, 0.6) is 5.75 Å². The average molecular weight is 412 g/mol. The first-order chi connectivity index (χ1) is 14.4. The first-order valence-corrected chi connectivity index (χ1v) is 10.1. The van der Waals surface area contributed by atoms with Gasteiger partial charge in [-0.15, -0.1) is 0 Å². The maximum absolute atomic E-state index is 14.8. The third-order valence-electron chi connectivity index (χ3n) is 5.44. The third kappa shape index (κ3) is 3.69. The number of aromatic nitrogens is 3. The Hall–Kier alpha value is -3.16. The molecule has 0 radical (unpaired) electrons. The van der Waals surface area contributed by atoms with Crippen LogP contribution in [0.4, 0.5) is 4.39 Å². The van der Waals surface area contributed by atoms with Crippen molar-refractivity contribution in [1.82, 2.24) is 18.9 Å². The normalized spacial score (nSPS) is 13.6. The number of carbonyl (C=O) groups is 1. The Morgan fingerprint density at radius 3 is 2.73 bits per heavy atom. The highest BCUT2D eigenvalue weighted by Gasteiger charge is 2.26. The van der Waals surface area contributed by atoms with Crippen molar-refractivity contribution in [3.63, 3.8) is 0 Å². The summed E-state index contributed by atoms with van der Waals surface area (Å²) in [6.07, 6.45) is 6.13. The smallest absolute Gasteiger partial charge is 0.294 e. The van der Waals surface area contributed by atoms with Gasteiger partial charge in [0.1, 0.15) is 17.3 Å². The van der Waals surface area contributed by atoms with E-state index in [2.05, 4.69) is 4.98 Å². The first-order valence-electron chi connectivity index (χ1n) is 10.1. The summed E-state index contributed by atoms with van der Waals surface area (Å²) in [6, 6.07) is 4.57. The monoisotopic (exact) mass is 412 g/mol. The van der Waals surface area contributed by atoms with Gasteiger partial charge in [-0.1, -0.05) is 6.92 Å². The zero-order valence-corrected chi connectivity index (χ0v) is 17.4. The number of methoxy groups -OCH3 is 1. The fourth-order valence-corrected chi connectivity index (χ4v) is 3.60. The molecule has 0 unspecified atom stereocenters. The molecule has 8 heteroatoms. The summed E-state index contributed by atoms with van der Waals surface area (Å²) in [4.78, 5) is 31.8. The van der Waals surface area contributed by atoms with E-state index in [9.17, 15) is 14.0 Å². The molecule has 0 atom stereocenters. The number of ether oxygens (including phenoxy) is 1. The summed E-state index contributed by atoms with van der Waals surface area (Å²) >= 11 is 0. The van der Waals surface area contributed by atoms with Crippen LogP contribution in [0.2, 0.25) is 0 Å². The van der Waals surface area contributed by atoms with E-state index in [1.165, 1.54) is 23.8 Å². The Kier molecular flexibility index (Phi) is 5.32. The zero-order chi connectivity index (χ0) is 21.4. The van der Waals surface area contributed by atoms with E-state index in [4.69, 9.17) is 4.74 Å². The second-order valence-corrected chi connectivity index (χ2v) is 7.80. The van der Waals surface area contributed by atoms with Crippen LogP contribution in [-0.2, 0) is 6.54 Å². The summed E-state index contributed by atoms with van der Waals surface area (Å²) in [6.45, 7) is 3.09. The van der Waals surface area contributed by atoms with E-state index in [0.717, 1.165) is 19.3 Å². The van der Waals surface area contributed by atoms with Gasteiger partial charge in [0.15, 0.2) is 0 Å². The van der Waals surface area contributed by atoms with Crippen molar-refractivity contribution in [2.75, 3.05) is 20.7 Å². The largest absolute Gasteiger partial charge is 0.497 e. The molecule has 1 aromatic carbocycles. The fraction of sp³-hybridized carbons (Fsp3) is 0.409. The standard InChI is InChI=1S/C22H25FN4O3/c1-4-9-25(2)21(28)18-12-26-13-19(16-8-7-15(30-3)10-17(16)23)27(11-14-5-6-14)22(29)20(26)24-18/h7-8,10,12-14H,4-6,9,11H2,1-3H3. The summed E-state index contributed by atoms with van der Waals surface area (Å²) < 4.78 is 23.0. The predicted octanol–water partition coefficient (Wildman–Crippen LogP) is 3.20. The number of rotatable bonds is 7. The molecule has 0 saturated heterocycles. The van der Waals surface area contributed by atoms with Gasteiger partial charge in [-0.3, -0.25) is 14.0 Å². The molecular formula is C22H25FN4O3. The van der Waals surface area contributed by atoms with Crippen LogP contribution >= 0.6 is 0 Å². The fourth-order valence-electron chi connectivity index (χ4n) is 3.60. The van der Waals surface area contributed by atoms with Crippen LogP contribution in [0.15, 0.2) is 35.4 Å². The maximum Gasteiger partial charge on any atom is 0.294 e. The summed E-state index contributed by atoms with van der Waals surface area (Å²) in [5, 5.41) is 0. The highest BCUT2D eigenvalue weighted by molar-refractivity contribution is 5.92. The van der Waals surface area contributed by atoms with Crippen molar-refractivity contribution < 1.29 is 13.9 Å². The molecule has 1 saturated carbocycles. The number of benzene rings is 1. The van der Waals surface area contributed by atoms with Gasteiger partial charge in [0.05, 0.1) is 12.8 Å². The summed E-state index contributed by atoms with van der Waals surface area (Å²) in [5.41, 5.74) is 0.805. The van der Waals surface area contributed by atoms with Crippen LogP contribution in [0.1, 0.15) is 36.7 Å². The highest BCUT2D eigenvalue weighted by Crippen LogP contribution is 2.33. The molecular weight excluding hydrogens is 387 g/mol. The second kappa shape index (κ2) is 7.93. The van der Waals surface area contributed by atoms with Crippen LogP contribution < -0.4 is 10.3 Å². The molecule has 1 amide bonds. The van der Waals surface area contributed by atoms with Gasteiger partial charge in [0.25, 0.3) is 11.5 Å². The molecule has 0 spiro atoms. The Balaban J connectivity index is 1.86. The maximum atomic E-state index is 14.8. The van der Waals surface area contributed by atoms with Crippen LogP contribution in [0.25, 0.3) is 16.9 Å². The van der Waals surface area contributed by atoms with Crippen molar-refractivity contribution in [2.45, 2.75) is 32.7 Å². The molecule has 30 heavy (non-hydrogen) atoms. The lowest BCUT2D eigenvalue weighted by Gasteiger charge is -2.14. The molecule has 1 fully saturated rings. The van der Waals surface area contributed by atoms with Crippen molar-refractivity contribution in [1.29, 1.82) is 0 Å². The third-order valence-corrected chi connectivity index (χ3v) is 5.44. The predicted molar refractivity (Wildman–Crippen MR) is 111 cm³/mol. The van der Waals surface area contributed by atoms with Crippen molar-refractivity contribution in [3.05, 3.63) is 52.5 Å². The van der Waals surface area contributed by atoms with Crippen molar-refractivity contribution >= 4 is 11.6 Å². The number of amides is 1. The van der Waals surface area contributed by atoms with E-state index in [-0.39, 0.29) is 22.8 Å². The molecule has 4 rings (SSSR count). The minimum atomic E-state index is -0.475. The Labute approximate surface area is 173 Å². The van der Waals surface area contributed by atoms with Gasteiger partial charge < -0.3 is 14.2 Å². The molecule has 2 aromatic heterocycles. The van der Waals surface area contributed by atoms with Gasteiger partial charge in [-0.2, -0.15) is 0 Å². The van der Waals surface area contributed by atoms with Gasteiger partial charge in [0, 0.05) is 44.2 Å². The van der Waals surface area contributed by atoms with E-state index < -0.39 is 5.82 Å². The minimum absolute atomic E-state index is 0.168. The SMILES string of the molecule is CCCN(C)C(=O)c1cn2cc(-c3ccc(OC)cc3F)n(CC3CC3)c(=O)c2n1. The van der Waals surface area contributed by atoms with Crippen LogP contribution in [-0.4, -0.2) is 45.5 Å². The second-order valence-electron chi connectivity index (χ2n) is 7.80. The lowest BCUT2D eigenvalue weighted by Crippen LogP contribution is -2.27. The topological polar surface area (TPSA) is 68.8 Å².